The molecule has 2 rings (SSSR count). The van der Waals surface area contributed by atoms with Gasteiger partial charge in [0.15, 0.2) is 5.15 Å². The zero-order valence-electron chi connectivity index (χ0n) is 11.3. The third-order valence-corrected chi connectivity index (χ3v) is 3.94. The highest BCUT2D eigenvalue weighted by Gasteiger charge is 2.08. The molecule has 0 atom stereocenters. The van der Waals surface area contributed by atoms with Gasteiger partial charge in [0.25, 0.3) is 0 Å². The lowest BCUT2D eigenvalue weighted by Crippen LogP contribution is -2.28. The zero-order chi connectivity index (χ0) is 16.2. The van der Waals surface area contributed by atoms with Crippen molar-refractivity contribution in [3.63, 3.8) is 0 Å². The van der Waals surface area contributed by atoms with Crippen LogP contribution in [-0.2, 0) is 16.6 Å². The highest BCUT2D eigenvalue weighted by atomic mass is 35.5. The monoisotopic (exact) mass is 340 g/mol. The second-order valence-corrected chi connectivity index (χ2v) is 6.26. The molecule has 1 heterocycles. The van der Waals surface area contributed by atoms with Gasteiger partial charge in [-0.25, -0.2) is 23.3 Å². The summed E-state index contributed by atoms with van der Waals surface area (Å²) < 4.78 is 22.3. The van der Waals surface area contributed by atoms with Crippen LogP contribution in [-0.4, -0.2) is 19.4 Å². The molecule has 116 valence electrons. The maximum absolute atomic E-state index is 11.7. The maximum Gasteiger partial charge on any atom is 0.319 e. The first-order valence-electron chi connectivity index (χ1n) is 6.13. The Kier molecular flexibility index (Phi) is 4.96. The van der Waals surface area contributed by atoms with E-state index in [1.165, 1.54) is 18.3 Å². The van der Waals surface area contributed by atoms with E-state index in [4.69, 9.17) is 16.7 Å². The summed E-state index contributed by atoms with van der Waals surface area (Å²) in [6, 6.07) is 8.70. The van der Waals surface area contributed by atoms with Gasteiger partial charge < -0.3 is 10.6 Å². The summed E-state index contributed by atoms with van der Waals surface area (Å²) in [6.45, 7) is 0.217. The Bertz CT molecular complexity index is 778. The highest BCUT2D eigenvalue weighted by Crippen LogP contribution is 2.17. The Morgan fingerprint density at radius 3 is 2.50 bits per heavy atom. The number of rotatable bonds is 4. The lowest BCUT2D eigenvalue weighted by Gasteiger charge is -2.08. The molecule has 0 unspecified atom stereocenters. The first-order valence-corrected chi connectivity index (χ1v) is 8.06. The molecule has 1 aromatic heterocycles. The molecule has 0 radical (unpaired) electrons. The van der Waals surface area contributed by atoms with Crippen LogP contribution in [0.1, 0.15) is 5.56 Å². The number of aromatic nitrogens is 1. The number of carbonyl (C=O) groups is 1. The number of nitrogens with two attached hydrogens (primary N) is 1. The number of carbonyl (C=O) groups excluding carboxylic acids is 1. The third kappa shape index (κ3) is 4.42. The predicted octanol–water partition coefficient (Wildman–Crippen LogP) is 1.70. The molecule has 0 aliphatic carbocycles. The fourth-order valence-corrected chi connectivity index (χ4v) is 2.31. The highest BCUT2D eigenvalue weighted by molar-refractivity contribution is 7.89. The Morgan fingerprint density at radius 2 is 1.91 bits per heavy atom. The van der Waals surface area contributed by atoms with Crippen molar-refractivity contribution >= 4 is 33.3 Å². The van der Waals surface area contributed by atoms with Crippen LogP contribution in [0.5, 0.6) is 0 Å². The van der Waals surface area contributed by atoms with E-state index in [2.05, 4.69) is 15.6 Å². The van der Waals surface area contributed by atoms with Gasteiger partial charge in [-0.3, -0.25) is 0 Å². The molecule has 0 bridgehead atoms. The molecule has 2 aromatic rings. The van der Waals surface area contributed by atoms with E-state index in [9.17, 15) is 13.2 Å². The number of urea groups is 1. The van der Waals surface area contributed by atoms with Crippen LogP contribution >= 0.6 is 11.6 Å². The number of primary sulfonamides is 1. The largest absolute Gasteiger partial charge is 0.334 e. The molecule has 9 heteroatoms. The number of nitrogens with zero attached hydrogens (tertiary/aromatic N) is 1. The van der Waals surface area contributed by atoms with E-state index >= 15 is 0 Å². The summed E-state index contributed by atoms with van der Waals surface area (Å²) in [6.07, 6.45) is 1.51. The standard InChI is InChI=1S/C13H13ClN4O3S/c14-12-11(2-1-7-16-12)18-13(19)17-8-9-3-5-10(6-4-9)22(15,20)21/h1-7H,8H2,(H2,15,20,21)(H2,17,18,19). The third-order valence-electron chi connectivity index (χ3n) is 2.71. The molecule has 2 amide bonds. The van der Waals surface area contributed by atoms with Crippen LogP contribution in [0, 0.1) is 0 Å². The topological polar surface area (TPSA) is 114 Å². The number of pyridine rings is 1. The molecule has 4 N–H and O–H groups in total. The first kappa shape index (κ1) is 16.2. The number of hydrogen-bond donors (Lipinski definition) is 3. The minimum Gasteiger partial charge on any atom is -0.334 e. The molecule has 1 aromatic carbocycles. The Labute approximate surface area is 132 Å². The van der Waals surface area contributed by atoms with E-state index in [0.29, 0.717) is 5.69 Å². The van der Waals surface area contributed by atoms with Gasteiger partial charge in [-0.15, -0.1) is 0 Å². The summed E-state index contributed by atoms with van der Waals surface area (Å²) in [7, 11) is -3.72. The number of anilines is 1. The van der Waals surface area contributed by atoms with Crippen molar-refractivity contribution in [1.29, 1.82) is 0 Å². The van der Waals surface area contributed by atoms with Gasteiger partial charge in [0.05, 0.1) is 10.6 Å². The summed E-state index contributed by atoms with van der Waals surface area (Å²) in [5.41, 5.74) is 1.12. The molecular formula is C13H13ClN4O3S. The average Bonchev–Trinajstić information content (AvgIpc) is 2.47. The van der Waals surface area contributed by atoms with Crippen LogP contribution in [0.3, 0.4) is 0 Å². The maximum atomic E-state index is 11.7. The molecule has 0 spiro atoms. The lowest BCUT2D eigenvalue weighted by molar-refractivity contribution is 0.251. The molecule has 0 aliphatic rings. The number of benzene rings is 1. The van der Waals surface area contributed by atoms with Crippen molar-refractivity contribution < 1.29 is 13.2 Å². The van der Waals surface area contributed by atoms with Crippen LogP contribution in [0.2, 0.25) is 5.15 Å². The fraction of sp³-hybridized carbons (Fsp3) is 0.0769. The van der Waals surface area contributed by atoms with Gasteiger partial charge >= 0.3 is 6.03 Å². The van der Waals surface area contributed by atoms with E-state index in [-0.39, 0.29) is 16.6 Å². The first-order chi connectivity index (χ1) is 10.4. The molecule has 7 nitrogen and oxygen atoms in total. The van der Waals surface area contributed by atoms with Crippen molar-refractivity contribution in [3.05, 3.63) is 53.3 Å². The summed E-state index contributed by atoms with van der Waals surface area (Å²) in [5, 5.41) is 10.4. The molecule has 22 heavy (non-hydrogen) atoms. The molecule has 0 saturated carbocycles. The number of nitrogens with one attached hydrogen (secondary N) is 2. The number of sulfonamides is 1. The van der Waals surface area contributed by atoms with Gasteiger partial charge in [0.1, 0.15) is 0 Å². The second kappa shape index (κ2) is 6.73. The summed E-state index contributed by atoms with van der Waals surface area (Å²) in [4.78, 5) is 15.6. The Hall–Kier alpha value is -2.16. The van der Waals surface area contributed by atoms with Crippen LogP contribution < -0.4 is 15.8 Å². The fourth-order valence-electron chi connectivity index (χ4n) is 1.63. The van der Waals surface area contributed by atoms with Crippen molar-refractivity contribution in [2.45, 2.75) is 11.4 Å². The van der Waals surface area contributed by atoms with Crippen molar-refractivity contribution in [2.24, 2.45) is 5.14 Å². The quantitative estimate of drug-likeness (QED) is 0.735. The summed E-state index contributed by atoms with van der Waals surface area (Å²) in [5.74, 6) is 0. The average molecular weight is 341 g/mol. The smallest absolute Gasteiger partial charge is 0.319 e. The van der Waals surface area contributed by atoms with Gasteiger partial charge in [-0.05, 0) is 29.8 Å². The van der Waals surface area contributed by atoms with E-state index < -0.39 is 16.1 Å². The Balaban J connectivity index is 1.93. The number of hydrogen-bond acceptors (Lipinski definition) is 4. The van der Waals surface area contributed by atoms with Crippen molar-refractivity contribution in [3.8, 4) is 0 Å². The summed E-state index contributed by atoms with van der Waals surface area (Å²) >= 11 is 5.82. The minimum atomic E-state index is -3.72. The van der Waals surface area contributed by atoms with Gasteiger partial charge in [-0.1, -0.05) is 23.7 Å². The van der Waals surface area contributed by atoms with Crippen LogP contribution in [0.15, 0.2) is 47.5 Å². The van der Waals surface area contributed by atoms with Crippen LogP contribution in [0.4, 0.5) is 10.5 Å². The number of halogens is 1. The molecule has 0 aliphatic heterocycles. The van der Waals surface area contributed by atoms with E-state index in [1.807, 2.05) is 0 Å². The molecule has 0 fully saturated rings. The second-order valence-electron chi connectivity index (χ2n) is 4.34. The predicted molar refractivity (Wildman–Crippen MR) is 82.9 cm³/mol. The lowest BCUT2D eigenvalue weighted by atomic mass is 10.2. The van der Waals surface area contributed by atoms with E-state index in [0.717, 1.165) is 5.56 Å². The SMILES string of the molecule is NS(=O)(=O)c1ccc(CNC(=O)Nc2cccnc2Cl)cc1. The van der Waals surface area contributed by atoms with Gasteiger partial charge in [-0.2, -0.15) is 0 Å². The Morgan fingerprint density at radius 1 is 1.23 bits per heavy atom. The van der Waals surface area contributed by atoms with Crippen LogP contribution in [0.25, 0.3) is 0 Å². The molecular weight excluding hydrogens is 328 g/mol. The van der Waals surface area contributed by atoms with E-state index in [1.54, 1.807) is 24.3 Å². The minimum absolute atomic E-state index is 0.0165. The van der Waals surface area contributed by atoms with Gasteiger partial charge in [0, 0.05) is 12.7 Å². The molecule has 0 saturated heterocycles. The zero-order valence-corrected chi connectivity index (χ0v) is 12.9. The normalized spacial score (nSPS) is 11.0. The van der Waals surface area contributed by atoms with Gasteiger partial charge in [0.2, 0.25) is 10.0 Å². The van der Waals surface area contributed by atoms with Crippen molar-refractivity contribution in [1.82, 2.24) is 10.3 Å². The number of amides is 2. The van der Waals surface area contributed by atoms with Crippen molar-refractivity contribution in [2.75, 3.05) is 5.32 Å².